The van der Waals surface area contributed by atoms with Crippen molar-refractivity contribution in [2.24, 2.45) is 5.73 Å². The molecule has 1 aromatic carbocycles. The van der Waals surface area contributed by atoms with Gasteiger partial charge < -0.3 is 15.6 Å². The molecule has 0 radical (unpaired) electrons. The van der Waals surface area contributed by atoms with Crippen LogP contribution in [0.2, 0.25) is 0 Å². The minimum atomic E-state index is -1.31. The van der Waals surface area contributed by atoms with Crippen LogP contribution < -0.4 is 21.3 Å². The number of urea groups is 1. The Hall–Kier alpha value is -1.51. The highest BCUT2D eigenvalue weighted by molar-refractivity contribution is 14.1. The highest BCUT2D eigenvalue weighted by Gasteiger charge is 2.17. The molecule has 0 spiro atoms. The number of carboxylic acids is 1. The number of hydrazine groups is 1. The molecule has 0 fully saturated rings. The molecule has 0 saturated heterocycles. The van der Waals surface area contributed by atoms with E-state index in [1.807, 2.05) is 6.07 Å². The summed E-state index contributed by atoms with van der Waals surface area (Å²) in [6, 6.07) is 5.11. The minimum absolute atomic E-state index is 0.521. The Kier molecular flexibility index (Phi) is 4.55. The van der Waals surface area contributed by atoms with Gasteiger partial charge in [-0.2, -0.15) is 0 Å². The van der Waals surface area contributed by atoms with Crippen molar-refractivity contribution in [3.05, 3.63) is 27.8 Å². The van der Waals surface area contributed by atoms with E-state index in [-0.39, 0.29) is 0 Å². The minimum Gasteiger partial charge on any atom is -0.548 e. The van der Waals surface area contributed by atoms with Gasteiger partial charge in [-0.3, -0.25) is 5.01 Å². The summed E-state index contributed by atoms with van der Waals surface area (Å²) in [4.78, 5) is 21.7. The van der Waals surface area contributed by atoms with Crippen LogP contribution in [-0.4, -0.2) is 18.0 Å². The first-order chi connectivity index (χ1) is 7.91. The van der Waals surface area contributed by atoms with E-state index in [2.05, 4.69) is 28.0 Å². The first kappa shape index (κ1) is 13.6. The second-order valence-electron chi connectivity index (χ2n) is 3.32. The quantitative estimate of drug-likeness (QED) is 0.583. The molecule has 92 valence electrons. The van der Waals surface area contributed by atoms with Crippen molar-refractivity contribution in [2.45, 2.75) is 13.0 Å². The monoisotopic (exact) mass is 348 g/mol. The molecule has 17 heavy (non-hydrogen) atoms. The van der Waals surface area contributed by atoms with E-state index >= 15 is 0 Å². The van der Waals surface area contributed by atoms with E-state index < -0.39 is 18.0 Å². The number of nitrogens with zero attached hydrogens (tertiary/aromatic N) is 1. The van der Waals surface area contributed by atoms with Crippen LogP contribution in [0.4, 0.5) is 10.5 Å². The fourth-order valence-corrected chi connectivity index (χ4v) is 1.76. The summed E-state index contributed by atoms with van der Waals surface area (Å²) >= 11 is 2.08. The highest BCUT2D eigenvalue weighted by atomic mass is 127. The number of carbonyl (C=O) groups excluding carboxylic acids is 2. The molecule has 0 aliphatic rings. The van der Waals surface area contributed by atoms with Gasteiger partial charge in [0, 0.05) is 3.57 Å². The summed E-state index contributed by atoms with van der Waals surface area (Å²) in [6.45, 7) is 1.39. The van der Waals surface area contributed by atoms with Crippen molar-refractivity contribution >= 4 is 40.3 Å². The van der Waals surface area contributed by atoms with Crippen molar-refractivity contribution < 1.29 is 14.7 Å². The zero-order valence-corrected chi connectivity index (χ0v) is 11.2. The fourth-order valence-electron chi connectivity index (χ4n) is 1.24. The van der Waals surface area contributed by atoms with Crippen LogP contribution in [0.1, 0.15) is 6.92 Å². The van der Waals surface area contributed by atoms with Crippen LogP contribution in [0.3, 0.4) is 0 Å². The number of amides is 2. The van der Waals surface area contributed by atoms with Crippen molar-refractivity contribution in [1.29, 1.82) is 0 Å². The molecule has 0 aromatic heterocycles. The van der Waals surface area contributed by atoms with Crippen molar-refractivity contribution in [3.8, 4) is 0 Å². The van der Waals surface area contributed by atoms with Gasteiger partial charge in [0.2, 0.25) is 0 Å². The number of hydrogen-bond acceptors (Lipinski definition) is 4. The molecule has 6 nitrogen and oxygen atoms in total. The van der Waals surface area contributed by atoms with Crippen LogP contribution in [0.5, 0.6) is 0 Å². The molecule has 2 amide bonds. The zero-order valence-electron chi connectivity index (χ0n) is 9.01. The molecular formula is C10H11IN3O3-. The molecule has 7 heteroatoms. The van der Waals surface area contributed by atoms with E-state index in [0.29, 0.717) is 5.69 Å². The number of anilines is 1. The Bertz CT molecular complexity index is 439. The number of rotatable bonds is 4. The summed E-state index contributed by atoms with van der Waals surface area (Å²) < 4.78 is 0.905. The van der Waals surface area contributed by atoms with Crippen LogP contribution in [0, 0.1) is 3.57 Å². The number of carboxylic acid groups (broad SMARTS) is 1. The number of nitrogens with two attached hydrogens (primary N) is 1. The third-order valence-electron chi connectivity index (χ3n) is 2.05. The molecule has 1 rings (SSSR count). The number of halogens is 1. The lowest BCUT2D eigenvalue weighted by atomic mass is 10.2. The molecule has 1 aromatic rings. The Morgan fingerprint density at radius 3 is 2.65 bits per heavy atom. The van der Waals surface area contributed by atoms with Gasteiger partial charge in [0.1, 0.15) is 0 Å². The van der Waals surface area contributed by atoms with E-state index in [1.165, 1.54) is 6.92 Å². The van der Waals surface area contributed by atoms with E-state index in [0.717, 1.165) is 8.58 Å². The second kappa shape index (κ2) is 5.71. The maximum atomic E-state index is 10.8. The molecule has 0 aliphatic carbocycles. The Morgan fingerprint density at radius 1 is 1.53 bits per heavy atom. The van der Waals surface area contributed by atoms with Gasteiger partial charge in [0.15, 0.2) is 0 Å². The first-order valence-electron chi connectivity index (χ1n) is 4.73. The maximum Gasteiger partial charge on any atom is 0.331 e. The zero-order chi connectivity index (χ0) is 13.0. The normalized spacial score (nSPS) is 11.6. The number of benzene rings is 1. The first-order valence-corrected chi connectivity index (χ1v) is 5.81. The molecule has 0 aliphatic heterocycles. The smallest absolute Gasteiger partial charge is 0.331 e. The SMILES string of the molecule is CC(C(=O)[O-])N(NC(N)=O)c1cccc(I)c1. The van der Waals surface area contributed by atoms with E-state index in [4.69, 9.17) is 5.73 Å². The van der Waals surface area contributed by atoms with Gasteiger partial charge in [0.05, 0.1) is 17.7 Å². The number of nitrogens with one attached hydrogen (secondary N) is 1. The average Bonchev–Trinajstić information content (AvgIpc) is 2.24. The Morgan fingerprint density at radius 2 is 2.18 bits per heavy atom. The molecule has 0 saturated carbocycles. The third-order valence-corrected chi connectivity index (χ3v) is 2.72. The molecular weight excluding hydrogens is 337 g/mol. The predicted octanol–water partition coefficient (Wildman–Crippen LogP) is -0.181. The van der Waals surface area contributed by atoms with Gasteiger partial charge >= 0.3 is 6.03 Å². The van der Waals surface area contributed by atoms with Crippen molar-refractivity contribution in [2.75, 3.05) is 5.01 Å². The summed E-state index contributed by atoms with van der Waals surface area (Å²) in [5.74, 6) is -1.31. The Balaban J connectivity index is 3.05. The molecule has 0 bridgehead atoms. The summed E-state index contributed by atoms with van der Waals surface area (Å²) in [6.07, 6.45) is 0. The fraction of sp³-hybridized carbons (Fsp3) is 0.200. The molecule has 1 unspecified atom stereocenters. The lowest BCUT2D eigenvalue weighted by Crippen LogP contribution is -2.55. The standard InChI is InChI=1S/C10H12IN3O3/c1-6(9(15)16)14(13-10(12)17)8-4-2-3-7(11)5-8/h2-6H,1H3,(H,15,16)(H3,12,13,17)/p-1. The van der Waals surface area contributed by atoms with Crippen LogP contribution >= 0.6 is 22.6 Å². The summed E-state index contributed by atoms with van der Waals surface area (Å²) in [5.41, 5.74) is 7.77. The topological polar surface area (TPSA) is 98.5 Å². The van der Waals surface area contributed by atoms with Gasteiger partial charge in [-0.1, -0.05) is 6.07 Å². The predicted molar refractivity (Wildman–Crippen MR) is 68.8 cm³/mol. The molecule has 1 atom stereocenters. The third kappa shape index (κ3) is 3.77. The van der Waals surface area contributed by atoms with E-state index in [9.17, 15) is 14.7 Å². The van der Waals surface area contributed by atoms with E-state index in [1.54, 1.807) is 18.2 Å². The number of aliphatic carboxylic acids is 1. The molecule has 0 heterocycles. The average molecular weight is 348 g/mol. The summed E-state index contributed by atoms with van der Waals surface area (Å²) in [5, 5.41) is 12.0. The number of hydrogen-bond donors (Lipinski definition) is 2. The number of primary amides is 1. The highest BCUT2D eigenvalue weighted by Crippen LogP contribution is 2.17. The van der Waals surface area contributed by atoms with Gasteiger partial charge in [-0.15, -0.1) is 0 Å². The molecule has 3 N–H and O–H groups in total. The van der Waals surface area contributed by atoms with Crippen molar-refractivity contribution in [1.82, 2.24) is 5.43 Å². The van der Waals surface area contributed by atoms with Gasteiger partial charge in [-0.25, -0.2) is 10.2 Å². The lowest BCUT2D eigenvalue weighted by Gasteiger charge is -2.31. The van der Waals surface area contributed by atoms with Gasteiger partial charge in [-0.05, 0) is 47.7 Å². The Labute approximate surface area is 112 Å². The second-order valence-corrected chi connectivity index (χ2v) is 4.57. The maximum absolute atomic E-state index is 10.8. The van der Waals surface area contributed by atoms with Crippen LogP contribution in [0.25, 0.3) is 0 Å². The largest absolute Gasteiger partial charge is 0.548 e. The lowest BCUT2D eigenvalue weighted by molar-refractivity contribution is -0.307. The summed E-state index contributed by atoms with van der Waals surface area (Å²) in [7, 11) is 0. The number of carbonyl (C=O) groups is 2. The van der Waals surface area contributed by atoms with Crippen LogP contribution in [-0.2, 0) is 4.79 Å². The van der Waals surface area contributed by atoms with Crippen molar-refractivity contribution in [3.63, 3.8) is 0 Å². The van der Waals surface area contributed by atoms with Gasteiger partial charge in [0.25, 0.3) is 0 Å². The van der Waals surface area contributed by atoms with Crippen LogP contribution in [0.15, 0.2) is 24.3 Å².